The van der Waals surface area contributed by atoms with E-state index in [1.807, 2.05) is 0 Å². The first kappa shape index (κ1) is 19.9. The van der Waals surface area contributed by atoms with Crippen LogP contribution in [0.5, 0.6) is 0 Å². The first-order valence-corrected chi connectivity index (χ1v) is 9.06. The predicted molar refractivity (Wildman–Crippen MR) is 111 cm³/mol. The first-order chi connectivity index (χ1) is 13.4. The van der Waals surface area contributed by atoms with Gasteiger partial charge in [-0.15, -0.1) is 0 Å². The van der Waals surface area contributed by atoms with Crippen LogP contribution in [0.3, 0.4) is 0 Å². The summed E-state index contributed by atoms with van der Waals surface area (Å²) in [6.07, 6.45) is 1.05. The van der Waals surface area contributed by atoms with Gasteiger partial charge in [-0.05, 0) is 54.7 Å². The molecule has 0 bridgehead atoms. The van der Waals surface area contributed by atoms with Crippen molar-refractivity contribution in [2.45, 2.75) is 0 Å². The van der Waals surface area contributed by atoms with E-state index in [9.17, 15) is 14.4 Å². The average molecular weight is 435 g/mol. The third kappa shape index (κ3) is 4.36. The second-order valence-electron chi connectivity index (χ2n) is 5.65. The van der Waals surface area contributed by atoms with Crippen LogP contribution in [0.15, 0.2) is 53.6 Å². The number of carbonyl (C=O) groups excluding carboxylic acids is 3. The summed E-state index contributed by atoms with van der Waals surface area (Å²) in [6.45, 7) is 0. The highest BCUT2D eigenvalue weighted by Crippen LogP contribution is 2.22. The molecule has 1 fully saturated rings. The van der Waals surface area contributed by atoms with Gasteiger partial charge in [-0.2, -0.15) is 5.10 Å². The predicted octanol–water partition coefficient (Wildman–Crippen LogP) is 2.77. The molecule has 0 saturated carbocycles. The summed E-state index contributed by atoms with van der Waals surface area (Å²) in [5.74, 6) is -3.03. The number of halogens is 2. The van der Waals surface area contributed by atoms with E-state index in [0.717, 1.165) is 6.21 Å². The number of nitrogens with one attached hydrogen (secondary N) is 2. The number of amides is 3. The van der Waals surface area contributed by atoms with Crippen molar-refractivity contribution in [3.8, 4) is 0 Å². The Bertz CT molecular complexity index is 995. The molecule has 3 rings (SSSR count). The van der Waals surface area contributed by atoms with E-state index in [1.54, 1.807) is 42.5 Å². The second-order valence-corrected chi connectivity index (χ2v) is 6.91. The van der Waals surface area contributed by atoms with Crippen molar-refractivity contribution < 1.29 is 14.4 Å². The maximum Gasteiger partial charge on any atom is 0.271 e. The van der Waals surface area contributed by atoms with Gasteiger partial charge in [0.2, 0.25) is 5.91 Å². The summed E-state index contributed by atoms with van der Waals surface area (Å²) in [5, 5.41) is 7.01. The highest BCUT2D eigenvalue weighted by atomic mass is 35.5. The quantitative estimate of drug-likeness (QED) is 0.335. The molecule has 2 N–H and O–H groups in total. The molecule has 10 heteroatoms. The van der Waals surface area contributed by atoms with Crippen LogP contribution in [0.25, 0.3) is 0 Å². The molecule has 142 valence electrons. The molecule has 28 heavy (non-hydrogen) atoms. The number of rotatable bonds is 4. The molecule has 1 saturated heterocycles. The number of carbonyl (C=O) groups is 3. The van der Waals surface area contributed by atoms with Crippen LogP contribution in [-0.2, 0) is 9.59 Å². The van der Waals surface area contributed by atoms with Crippen LogP contribution in [0.4, 0.5) is 5.69 Å². The molecule has 3 amide bonds. The van der Waals surface area contributed by atoms with Crippen LogP contribution in [-0.4, -0.2) is 29.0 Å². The smallest absolute Gasteiger partial charge is 0.271 e. The number of anilines is 1. The Morgan fingerprint density at radius 1 is 1.14 bits per heavy atom. The largest absolute Gasteiger partial charge is 0.301 e. The fourth-order valence-corrected chi connectivity index (χ4v) is 3.03. The summed E-state index contributed by atoms with van der Waals surface area (Å²) >= 11 is 16.8. The van der Waals surface area contributed by atoms with Gasteiger partial charge in [-0.25, -0.2) is 5.43 Å². The second kappa shape index (κ2) is 8.47. The van der Waals surface area contributed by atoms with Crippen molar-refractivity contribution in [1.29, 1.82) is 0 Å². The summed E-state index contributed by atoms with van der Waals surface area (Å²) < 4.78 is 0. The molecule has 1 heterocycles. The molecule has 0 unspecified atom stereocenters. The third-order valence-electron chi connectivity index (χ3n) is 3.76. The van der Waals surface area contributed by atoms with E-state index in [0.29, 0.717) is 15.7 Å². The van der Waals surface area contributed by atoms with Gasteiger partial charge >= 0.3 is 0 Å². The molecule has 1 aliphatic rings. The lowest BCUT2D eigenvalue weighted by atomic mass is 10.1. The number of benzene rings is 2. The van der Waals surface area contributed by atoms with Crippen LogP contribution < -0.4 is 15.6 Å². The van der Waals surface area contributed by atoms with Crippen molar-refractivity contribution in [1.82, 2.24) is 10.7 Å². The molecule has 0 radical (unpaired) electrons. The van der Waals surface area contributed by atoms with E-state index in [-0.39, 0.29) is 10.7 Å². The molecule has 0 aliphatic carbocycles. The SMILES string of the molecule is O=C(N/N=C\[C@@H]1C(=O)NC(=S)N(c2ccc(Cl)cc2)C1=O)c1cccc(Cl)c1. The Kier molecular flexibility index (Phi) is 6.03. The monoisotopic (exact) mass is 434 g/mol. The van der Waals surface area contributed by atoms with Crippen LogP contribution >= 0.6 is 35.4 Å². The van der Waals surface area contributed by atoms with Crippen LogP contribution in [0.2, 0.25) is 10.0 Å². The minimum atomic E-state index is -1.26. The van der Waals surface area contributed by atoms with E-state index >= 15 is 0 Å². The van der Waals surface area contributed by atoms with Crippen molar-refractivity contribution in [3.63, 3.8) is 0 Å². The molecular formula is C18H12Cl2N4O3S. The highest BCUT2D eigenvalue weighted by Gasteiger charge is 2.38. The summed E-state index contributed by atoms with van der Waals surface area (Å²) in [4.78, 5) is 38.1. The highest BCUT2D eigenvalue weighted by molar-refractivity contribution is 7.80. The molecular weight excluding hydrogens is 423 g/mol. The van der Waals surface area contributed by atoms with Crippen molar-refractivity contribution in [2.75, 3.05) is 4.90 Å². The fraction of sp³-hybridized carbons (Fsp3) is 0.0556. The van der Waals surface area contributed by atoms with Gasteiger partial charge in [0.1, 0.15) is 0 Å². The number of thiocarbonyl (C=S) groups is 1. The zero-order chi connectivity index (χ0) is 20.3. The van der Waals surface area contributed by atoms with E-state index in [1.165, 1.54) is 11.0 Å². The molecule has 2 aromatic rings. The molecule has 7 nitrogen and oxygen atoms in total. The molecule has 2 aromatic carbocycles. The zero-order valence-electron chi connectivity index (χ0n) is 14.1. The Labute approximate surface area is 175 Å². The lowest BCUT2D eigenvalue weighted by Gasteiger charge is -2.30. The number of hydrogen-bond donors (Lipinski definition) is 2. The van der Waals surface area contributed by atoms with Crippen molar-refractivity contribution in [3.05, 3.63) is 64.1 Å². The topological polar surface area (TPSA) is 90.9 Å². The molecule has 1 aliphatic heterocycles. The van der Waals surface area contributed by atoms with Gasteiger partial charge in [0, 0.05) is 21.8 Å². The fourth-order valence-electron chi connectivity index (χ4n) is 2.42. The van der Waals surface area contributed by atoms with E-state index in [2.05, 4.69) is 15.8 Å². The minimum Gasteiger partial charge on any atom is -0.301 e. The van der Waals surface area contributed by atoms with Gasteiger partial charge in [-0.1, -0.05) is 29.3 Å². The average Bonchev–Trinajstić information content (AvgIpc) is 2.65. The van der Waals surface area contributed by atoms with Crippen molar-refractivity contribution >= 4 is 70.2 Å². The Morgan fingerprint density at radius 3 is 2.54 bits per heavy atom. The van der Waals surface area contributed by atoms with Gasteiger partial charge in [0.05, 0.1) is 5.69 Å². The van der Waals surface area contributed by atoms with Crippen LogP contribution in [0.1, 0.15) is 10.4 Å². The number of hydrogen-bond acceptors (Lipinski definition) is 5. The van der Waals surface area contributed by atoms with Crippen molar-refractivity contribution in [2.24, 2.45) is 11.0 Å². The first-order valence-electron chi connectivity index (χ1n) is 7.90. The standard InChI is InChI=1S/C18H12Cl2N4O3S/c19-11-4-6-13(7-5-11)24-17(27)14(16(26)22-18(24)28)9-21-23-15(25)10-2-1-3-12(20)8-10/h1-9,14H,(H,23,25)(H,22,26,28)/b21-9-/t14-/m1/s1. The summed E-state index contributed by atoms with van der Waals surface area (Å²) in [7, 11) is 0. The Morgan fingerprint density at radius 2 is 1.86 bits per heavy atom. The van der Waals surface area contributed by atoms with Gasteiger partial charge in [-0.3, -0.25) is 19.3 Å². The van der Waals surface area contributed by atoms with E-state index < -0.39 is 23.6 Å². The molecule has 0 aromatic heterocycles. The maximum atomic E-state index is 12.7. The van der Waals surface area contributed by atoms with Gasteiger partial charge < -0.3 is 5.32 Å². The lowest BCUT2D eigenvalue weighted by Crippen LogP contribution is -2.58. The third-order valence-corrected chi connectivity index (χ3v) is 4.54. The lowest BCUT2D eigenvalue weighted by molar-refractivity contribution is -0.130. The van der Waals surface area contributed by atoms with Crippen LogP contribution in [0, 0.1) is 5.92 Å². The Balaban J connectivity index is 1.75. The molecule has 1 atom stereocenters. The van der Waals surface area contributed by atoms with Gasteiger partial charge in [0.15, 0.2) is 11.0 Å². The normalized spacial score (nSPS) is 17.0. The zero-order valence-corrected chi connectivity index (χ0v) is 16.4. The van der Waals surface area contributed by atoms with Gasteiger partial charge in [0.25, 0.3) is 11.8 Å². The van der Waals surface area contributed by atoms with E-state index in [4.69, 9.17) is 35.4 Å². The molecule has 0 spiro atoms. The summed E-state index contributed by atoms with van der Waals surface area (Å²) in [6, 6.07) is 12.6. The number of hydrazone groups is 1. The maximum absolute atomic E-state index is 12.7. The number of nitrogens with zero attached hydrogens (tertiary/aromatic N) is 2. The summed E-state index contributed by atoms with van der Waals surface area (Å²) in [5.41, 5.74) is 2.99. The Hall–Kier alpha value is -2.81. The minimum absolute atomic E-state index is 0.0510.